The molecule has 0 aliphatic rings. The quantitative estimate of drug-likeness (QED) is 0.758. The minimum Gasteiger partial charge on any atom is -0.355 e. The third-order valence-electron chi connectivity index (χ3n) is 2.99. The van der Waals surface area contributed by atoms with Crippen molar-refractivity contribution in [3.05, 3.63) is 23.9 Å². The van der Waals surface area contributed by atoms with Crippen LogP contribution in [0.1, 0.15) is 32.8 Å². The summed E-state index contributed by atoms with van der Waals surface area (Å²) >= 11 is 0. The minimum atomic E-state index is 0.0566. The summed E-state index contributed by atoms with van der Waals surface area (Å²) in [5.41, 5.74) is 0.708. The molecular weight excluding hydrogens is 186 g/mol. The van der Waals surface area contributed by atoms with Gasteiger partial charge < -0.3 is 4.90 Å². The molecule has 1 aromatic rings. The summed E-state index contributed by atoms with van der Waals surface area (Å²) < 4.78 is 0. The number of rotatable bonds is 3. The zero-order chi connectivity index (χ0) is 11.5. The van der Waals surface area contributed by atoms with Crippen LogP contribution in [0, 0.1) is 11.3 Å². The van der Waals surface area contributed by atoms with E-state index in [1.807, 2.05) is 13.1 Å². The van der Waals surface area contributed by atoms with Gasteiger partial charge in [-0.25, -0.2) is 4.98 Å². The van der Waals surface area contributed by atoms with Gasteiger partial charge in [0.25, 0.3) is 0 Å². The van der Waals surface area contributed by atoms with E-state index in [4.69, 9.17) is 5.26 Å². The highest BCUT2D eigenvalue weighted by atomic mass is 15.2. The van der Waals surface area contributed by atoms with E-state index in [2.05, 4.69) is 36.7 Å². The molecule has 0 fully saturated rings. The van der Waals surface area contributed by atoms with Crippen LogP contribution in [0.3, 0.4) is 0 Å². The van der Waals surface area contributed by atoms with Crippen molar-refractivity contribution in [2.75, 3.05) is 11.9 Å². The van der Waals surface area contributed by atoms with Crippen molar-refractivity contribution >= 4 is 5.82 Å². The number of nitriles is 1. The van der Waals surface area contributed by atoms with Crippen LogP contribution >= 0.6 is 0 Å². The summed E-state index contributed by atoms with van der Waals surface area (Å²) in [5.74, 6) is 0.848. The Morgan fingerprint density at radius 1 is 1.53 bits per heavy atom. The molecule has 0 aromatic carbocycles. The number of anilines is 1. The van der Waals surface area contributed by atoms with Crippen molar-refractivity contribution in [2.24, 2.45) is 0 Å². The van der Waals surface area contributed by atoms with E-state index in [9.17, 15) is 0 Å². The third kappa shape index (κ3) is 2.47. The molecule has 0 saturated carbocycles. The van der Waals surface area contributed by atoms with Gasteiger partial charge in [0.15, 0.2) is 0 Å². The number of pyridine rings is 1. The van der Waals surface area contributed by atoms with E-state index in [-0.39, 0.29) is 5.54 Å². The maximum Gasteiger partial charge on any atom is 0.129 e. The van der Waals surface area contributed by atoms with Gasteiger partial charge in [0, 0.05) is 18.8 Å². The second-order valence-electron chi connectivity index (χ2n) is 4.24. The first-order valence-corrected chi connectivity index (χ1v) is 5.11. The van der Waals surface area contributed by atoms with E-state index in [1.165, 1.54) is 0 Å². The molecule has 0 amide bonds. The maximum absolute atomic E-state index is 8.81. The van der Waals surface area contributed by atoms with Crippen molar-refractivity contribution in [3.63, 3.8) is 0 Å². The topological polar surface area (TPSA) is 39.9 Å². The zero-order valence-electron chi connectivity index (χ0n) is 9.78. The Labute approximate surface area is 91.4 Å². The molecule has 0 saturated heterocycles. The van der Waals surface area contributed by atoms with Crippen LogP contribution < -0.4 is 4.90 Å². The molecule has 0 unspecified atom stereocenters. The van der Waals surface area contributed by atoms with Gasteiger partial charge in [0.05, 0.1) is 11.6 Å². The SMILES string of the molecule is CCC(C)(C)N(C)c1cc(C#N)ccn1. The van der Waals surface area contributed by atoms with E-state index in [0.29, 0.717) is 5.56 Å². The summed E-state index contributed by atoms with van der Waals surface area (Å²) in [4.78, 5) is 6.38. The third-order valence-corrected chi connectivity index (χ3v) is 2.99. The highest BCUT2D eigenvalue weighted by molar-refractivity contribution is 5.46. The largest absolute Gasteiger partial charge is 0.355 e. The Hall–Kier alpha value is -1.56. The zero-order valence-corrected chi connectivity index (χ0v) is 9.78. The van der Waals surface area contributed by atoms with Gasteiger partial charge in [-0.3, -0.25) is 0 Å². The summed E-state index contributed by atoms with van der Waals surface area (Å²) in [5, 5.41) is 8.81. The predicted molar refractivity (Wildman–Crippen MR) is 61.7 cm³/mol. The summed E-state index contributed by atoms with van der Waals surface area (Å²) in [7, 11) is 2.01. The highest BCUT2D eigenvalue weighted by Gasteiger charge is 2.22. The Balaban J connectivity index is 3.02. The standard InChI is InChI=1S/C12H17N3/c1-5-12(2,3)15(4)11-8-10(9-13)6-7-14-11/h6-8H,5H2,1-4H3. The maximum atomic E-state index is 8.81. The summed E-state index contributed by atoms with van der Waals surface area (Å²) in [6, 6.07) is 5.66. The molecule has 0 radical (unpaired) electrons. The van der Waals surface area contributed by atoms with Crippen LogP contribution in [0.5, 0.6) is 0 Å². The molecule has 0 aliphatic carbocycles. The van der Waals surface area contributed by atoms with Crippen molar-refractivity contribution in [1.29, 1.82) is 5.26 Å². The Bertz CT molecular complexity index is 377. The fourth-order valence-corrected chi connectivity index (χ4v) is 1.22. The van der Waals surface area contributed by atoms with Gasteiger partial charge in [0.2, 0.25) is 0 Å². The van der Waals surface area contributed by atoms with Gasteiger partial charge in [-0.2, -0.15) is 5.26 Å². The number of hydrogen-bond acceptors (Lipinski definition) is 3. The molecule has 1 rings (SSSR count). The molecule has 1 heterocycles. The molecule has 3 heteroatoms. The van der Waals surface area contributed by atoms with Crippen molar-refractivity contribution < 1.29 is 0 Å². The van der Waals surface area contributed by atoms with Crippen LogP contribution in [0.4, 0.5) is 5.82 Å². The van der Waals surface area contributed by atoms with Crippen LogP contribution in [0.15, 0.2) is 18.3 Å². The first-order valence-electron chi connectivity index (χ1n) is 5.11. The molecule has 0 N–H and O–H groups in total. The number of hydrogen-bond donors (Lipinski definition) is 0. The molecule has 0 bridgehead atoms. The van der Waals surface area contributed by atoms with Crippen molar-refractivity contribution in [2.45, 2.75) is 32.7 Å². The molecule has 0 atom stereocenters. The Kier molecular flexibility index (Phi) is 3.31. The van der Waals surface area contributed by atoms with Gasteiger partial charge in [-0.15, -0.1) is 0 Å². The van der Waals surface area contributed by atoms with E-state index in [1.54, 1.807) is 12.3 Å². The van der Waals surface area contributed by atoms with Gasteiger partial charge in [0.1, 0.15) is 5.82 Å². The molecular formula is C12H17N3. The van der Waals surface area contributed by atoms with Gasteiger partial charge >= 0.3 is 0 Å². The second kappa shape index (κ2) is 4.31. The van der Waals surface area contributed by atoms with Crippen LogP contribution in [0.25, 0.3) is 0 Å². The van der Waals surface area contributed by atoms with E-state index < -0.39 is 0 Å². The van der Waals surface area contributed by atoms with Crippen LogP contribution in [-0.4, -0.2) is 17.6 Å². The lowest BCUT2D eigenvalue weighted by Gasteiger charge is -2.35. The second-order valence-corrected chi connectivity index (χ2v) is 4.24. The van der Waals surface area contributed by atoms with Crippen LogP contribution in [-0.2, 0) is 0 Å². The van der Waals surface area contributed by atoms with Gasteiger partial charge in [-0.05, 0) is 32.4 Å². The lowest BCUT2D eigenvalue weighted by atomic mass is 10.00. The summed E-state index contributed by atoms with van der Waals surface area (Å²) in [6.07, 6.45) is 2.71. The van der Waals surface area contributed by atoms with Crippen molar-refractivity contribution in [3.8, 4) is 6.07 Å². The summed E-state index contributed by atoms with van der Waals surface area (Å²) in [6.45, 7) is 6.46. The Morgan fingerprint density at radius 3 is 2.73 bits per heavy atom. The lowest BCUT2D eigenvalue weighted by Crippen LogP contribution is -2.41. The van der Waals surface area contributed by atoms with Crippen LogP contribution in [0.2, 0.25) is 0 Å². The molecule has 3 nitrogen and oxygen atoms in total. The smallest absolute Gasteiger partial charge is 0.129 e. The van der Waals surface area contributed by atoms with E-state index >= 15 is 0 Å². The van der Waals surface area contributed by atoms with Gasteiger partial charge in [-0.1, -0.05) is 6.92 Å². The molecule has 0 aliphatic heterocycles. The minimum absolute atomic E-state index is 0.0566. The number of nitrogens with zero attached hydrogens (tertiary/aromatic N) is 3. The average molecular weight is 203 g/mol. The highest BCUT2D eigenvalue weighted by Crippen LogP contribution is 2.23. The first-order chi connectivity index (χ1) is 7.01. The molecule has 0 spiro atoms. The normalized spacial score (nSPS) is 10.9. The molecule has 80 valence electrons. The fraction of sp³-hybridized carbons (Fsp3) is 0.500. The Morgan fingerprint density at radius 2 is 2.20 bits per heavy atom. The first kappa shape index (κ1) is 11.5. The fourth-order valence-electron chi connectivity index (χ4n) is 1.22. The number of aromatic nitrogens is 1. The van der Waals surface area contributed by atoms with E-state index in [0.717, 1.165) is 12.2 Å². The molecule has 15 heavy (non-hydrogen) atoms. The average Bonchev–Trinajstić information content (AvgIpc) is 2.28. The predicted octanol–water partition coefficient (Wildman–Crippen LogP) is 2.58. The van der Waals surface area contributed by atoms with Crippen molar-refractivity contribution in [1.82, 2.24) is 4.98 Å². The molecule has 1 aromatic heterocycles. The monoisotopic (exact) mass is 203 g/mol. The lowest BCUT2D eigenvalue weighted by molar-refractivity contribution is 0.467.